The molecule has 0 radical (unpaired) electrons. The van der Waals surface area contributed by atoms with Gasteiger partial charge in [0.25, 0.3) is 0 Å². The molecule has 0 spiro atoms. The van der Waals surface area contributed by atoms with E-state index in [-0.39, 0.29) is 5.82 Å². The van der Waals surface area contributed by atoms with Crippen LogP contribution >= 0.6 is 11.8 Å². The monoisotopic (exact) mass is 283 g/mol. The molecular formula is C15H10FN3S. The molecule has 0 atom stereocenters. The quantitative estimate of drug-likeness (QED) is 0.682. The van der Waals surface area contributed by atoms with Crippen LogP contribution in [0, 0.1) is 5.82 Å². The molecule has 1 aliphatic rings. The van der Waals surface area contributed by atoms with Crippen molar-refractivity contribution in [3.05, 3.63) is 60.2 Å². The number of hydrogen-bond donors (Lipinski definition) is 0. The Balaban J connectivity index is 1.93. The second-order valence-electron chi connectivity index (χ2n) is 4.54. The standard InChI is InChI=1S/C15H10FN3S/c16-11-7-5-10(6-8-11)15-18-17-14-9-20-13-4-2-1-3-12(13)19(14)15/h1-8H,9H2. The topological polar surface area (TPSA) is 30.7 Å². The third kappa shape index (κ3) is 1.74. The summed E-state index contributed by atoms with van der Waals surface area (Å²) in [5.41, 5.74) is 1.95. The van der Waals surface area contributed by atoms with E-state index in [4.69, 9.17) is 0 Å². The molecule has 1 aromatic heterocycles. The molecule has 20 heavy (non-hydrogen) atoms. The van der Waals surface area contributed by atoms with Gasteiger partial charge in [0.2, 0.25) is 0 Å². The van der Waals surface area contributed by atoms with E-state index in [9.17, 15) is 4.39 Å². The summed E-state index contributed by atoms with van der Waals surface area (Å²) in [6, 6.07) is 14.5. The van der Waals surface area contributed by atoms with Crippen LogP contribution in [-0.4, -0.2) is 14.8 Å². The molecular weight excluding hydrogens is 273 g/mol. The largest absolute Gasteiger partial charge is 0.277 e. The SMILES string of the molecule is Fc1ccc(-c2nnc3n2-c2ccccc2SC3)cc1. The van der Waals surface area contributed by atoms with Gasteiger partial charge in [0.05, 0.1) is 11.4 Å². The number of benzene rings is 2. The zero-order valence-corrected chi connectivity index (χ0v) is 11.3. The highest BCUT2D eigenvalue weighted by molar-refractivity contribution is 7.98. The van der Waals surface area contributed by atoms with Crippen molar-refractivity contribution in [2.24, 2.45) is 0 Å². The molecule has 0 saturated carbocycles. The van der Waals surface area contributed by atoms with Gasteiger partial charge in [-0.1, -0.05) is 12.1 Å². The molecule has 3 nitrogen and oxygen atoms in total. The molecule has 2 heterocycles. The van der Waals surface area contributed by atoms with Gasteiger partial charge >= 0.3 is 0 Å². The Labute approximate surface area is 119 Å². The maximum Gasteiger partial charge on any atom is 0.168 e. The molecule has 1 aliphatic heterocycles. The lowest BCUT2D eigenvalue weighted by molar-refractivity contribution is 0.628. The first-order valence-electron chi connectivity index (χ1n) is 6.25. The lowest BCUT2D eigenvalue weighted by atomic mass is 10.2. The third-order valence-electron chi connectivity index (χ3n) is 3.30. The predicted octanol–water partition coefficient (Wildman–Crippen LogP) is 3.68. The first-order chi connectivity index (χ1) is 9.83. The fourth-order valence-corrected chi connectivity index (χ4v) is 3.31. The van der Waals surface area contributed by atoms with Crippen molar-refractivity contribution in [3.63, 3.8) is 0 Å². The second-order valence-corrected chi connectivity index (χ2v) is 5.56. The Hall–Kier alpha value is -2.14. The zero-order valence-electron chi connectivity index (χ0n) is 10.5. The Morgan fingerprint density at radius 1 is 1.00 bits per heavy atom. The van der Waals surface area contributed by atoms with E-state index in [2.05, 4.69) is 26.9 Å². The fraction of sp³-hybridized carbons (Fsp3) is 0.0667. The van der Waals surface area contributed by atoms with E-state index in [0.717, 1.165) is 28.7 Å². The molecule has 0 aliphatic carbocycles. The summed E-state index contributed by atoms with van der Waals surface area (Å²) in [6.45, 7) is 0. The highest BCUT2D eigenvalue weighted by Crippen LogP contribution is 2.36. The van der Waals surface area contributed by atoms with Crippen LogP contribution in [0.15, 0.2) is 53.4 Å². The number of nitrogens with zero attached hydrogens (tertiary/aromatic N) is 3. The summed E-state index contributed by atoms with van der Waals surface area (Å²) < 4.78 is 15.1. The van der Waals surface area contributed by atoms with Crippen LogP contribution in [0.1, 0.15) is 5.82 Å². The average Bonchev–Trinajstić information content (AvgIpc) is 2.92. The fourth-order valence-electron chi connectivity index (χ4n) is 2.36. The first kappa shape index (κ1) is 11.7. The Morgan fingerprint density at radius 2 is 1.80 bits per heavy atom. The molecule has 2 aromatic carbocycles. The van der Waals surface area contributed by atoms with Gasteiger partial charge in [-0.3, -0.25) is 4.57 Å². The molecule has 98 valence electrons. The number of fused-ring (bicyclic) bond motifs is 3. The molecule has 4 rings (SSSR count). The molecule has 0 saturated heterocycles. The summed E-state index contributed by atoms with van der Waals surface area (Å²) in [6.07, 6.45) is 0. The number of para-hydroxylation sites is 1. The minimum absolute atomic E-state index is 0.247. The molecule has 3 aromatic rings. The number of rotatable bonds is 1. The van der Waals surface area contributed by atoms with Crippen molar-refractivity contribution in [1.82, 2.24) is 14.8 Å². The van der Waals surface area contributed by atoms with Gasteiger partial charge in [-0.15, -0.1) is 22.0 Å². The predicted molar refractivity (Wildman–Crippen MR) is 76.3 cm³/mol. The van der Waals surface area contributed by atoms with Crippen molar-refractivity contribution in [2.75, 3.05) is 0 Å². The van der Waals surface area contributed by atoms with E-state index in [1.165, 1.54) is 17.0 Å². The van der Waals surface area contributed by atoms with E-state index in [1.807, 2.05) is 12.1 Å². The van der Waals surface area contributed by atoms with E-state index in [0.29, 0.717) is 0 Å². The molecule has 0 bridgehead atoms. The van der Waals surface area contributed by atoms with E-state index in [1.54, 1.807) is 23.9 Å². The minimum atomic E-state index is -0.247. The number of aromatic nitrogens is 3. The van der Waals surface area contributed by atoms with E-state index >= 15 is 0 Å². The van der Waals surface area contributed by atoms with Crippen LogP contribution < -0.4 is 0 Å². The summed E-state index contributed by atoms with van der Waals surface area (Å²) in [7, 11) is 0. The first-order valence-corrected chi connectivity index (χ1v) is 7.24. The van der Waals surface area contributed by atoms with Crippen LogP contribution in [0.3, 0.4) is 0 Å². The van der Waals surface area contributed by atoms with Crippen molar-refractivity contribution in [2.45, 2.75) is 10.6 Å². The molecule has 0 unspecified atom stereocenters. The van der Waals surface area contributed by atoms with E-state index < -0.39 is 0 Å². The highest BCUT2D eigenvalue weighted by Gasteiger charge is 2.22. The number of halogens is 1. The molecule has 0 N–H and O–H groups in total. The normalized spacial score (nSPS) is 12.8. The van der Waals surface area contributed by atoms with Gasteiger partial charge in [-0.05, 0) is 36.4 Å². The maximum atomic E-state index is 13.1. The van der Waals surface area contributed by atoms with Gasteiger partial charge in [0.1, 0.15) is 11.6 Å². The van der Waals surface area contributed by atoms with Crippen LogP contribution in [0.25, 0.3) is 17.1 Å². The zero-order chi connectivity index (χ0) is 13.5. The third-order valence-corrected chi connectivity index (χ3v) is 4.35. The smallest absolute Gasteiger partial charge is 0.168 e. The van der Waals surface area contributed by atoms with Gasteiger partial charge < -0.3 is 0 Å². The lowest BCUT2D eigenvalue weighted by Gasteiger charge is -2.18. The van der Waals surface area contributed by atoms with Gasteiger partial charge in [-0.2, -0.15) is 0 Å². The van der Waals surface area contributed by atoms with Crippen molar-refractivity contribution < 1.29 is 4.39 Å². The van der Waals surface area contributed by atoms with Gasteiger partial charge in [-0.25, -0.2) is 4.39 Å². The Kier molecular flexibility index (Phi) is 2.60. The van der Waals surface area contributed by atoms with Gasteiger partial charge in [0, 0.05) is 10.5 Å². The minimum Gasteiger partial charge on any atom is -0.277 e. The van der Waals surface area contributed by atoms with Gasteiger partial charge in [0.15, 0.2) is 5.82 Å². The molecule has 0 fully saturated rings. The maximum absolute atomic E-state index is 13.1. The van der Waals surface area contributed by atoms with Crippen molar-refractivity contribution in [1.29, 1.82) is 0 Å². The van der Waals surface area contributed by atoms with Crippen LogP contribution in [0.4, 0.5) is 4.39 Å². The van der Waals surface area contributed by atoms with Crippen molar-refractivity contribution in [3.8, 4) is 17.1 Å². The van der Waals surface area contributed by atoms with Crippen LogP contribution in [-0.2, 0) is 5.75 Å². The van der Waals surface area contributed by atoms with Crippen LogP contribution in [0.2, 0.25) is 0 Å². The Morgan fingerprint density at radius 3 is 2.65 bits per heavy atom. The molecule has 0 amide bonds. The van der Waals surface area contributed by atoms with Crippen molar-refractivity contribution >= 4 is 11.8 Å². The summed E-state index contributed by atoms with van der Waals surface area (Å²) in [4.78, 5) is 1.21. The molecule has 5 heteroatoms. The Bertz CT molecular complexity index is 780. The second kappa shape index (κ2) is 4.45. The summed E-state index contributed by atoms with van der Waals surface area (Å²) >= 11 is 1.76. The van der Waals surface area contributed by atoms with Crippen LogP contribution in [0.5, 0.6) is 0 Å². The average molecular weight is 283 g/mol. The lowest BCUT2D eigenvalue weighted by Crippen LogP contribution is -2.07. The highest BCUT2D eigenvalue weighted by atomic mass is 32.2. The summed E-state index contributed by atoms with van der Waals surface area (Å²) in [5, 5.41) is 8.53. The number of hydrogen-bond acceptors (Lipinski definition) is 3. The number of thioether (sulfide) groups is 1. The summed E-state index contributed by atoms with van der Waals surface area (Å²) in [5.74, 6) is 2.23.